The maximum Gasteiger partial charge on any atom is 0.261 e. The van der Waals surface area contributed by atoms with Crippen LogP contribution >= 0.6 is 0 Å². The predicted molar refractivity (Wildman–Crippen MR) is 116 cm³/mol. The molecule has 3 rings (SSSR count). The van der Waals surface area contributed by atoms with Gasteiger partial charge in [0.2, 0.25) is 0 Å². The quantitative estimate of drug-likeness (QED) is 0.575. The number of amides is 1. The van der Waals surface area contributed by atoms with Gasteiger partial charge in [-0.15, -0.1) is 0 Å². The number of furan rings is 1. The minimum absolute atomic E-state index is 0.0871. The first-order valence-electron chi connectivity index (χ1n) is 9.44. The molecule has 0 saturated carbocycles. The van der Waals surface area contributed by atoms with Gasteiger partial charge in [-0.05, 0) is 69.0 Å². The van der Waals surface area contributed by atoms with Crippen molar-refractivity contribution in [2.75, 3.05) is 25.4 Å². The highest BCUT2D eigenvalue weighted by Gasteiger charge is 2.19. The van der Waals surface area contributed by atoms with Gasteiger partial charge < -0.3 is 9.73 Å². The van der Waals surface area contributed by atoms with Gasteiger partial charge in [-0.1, -0.05) is 18.2 Å². The van der Waals surface area contributed by atoms with E-state index in [-0.39, 0.29) is 16.8 Å². The molecule has 3 aromatic rings. The first kappa shape index (κ1) is 21.6. The lowest BCUT2D eigenvalue weighted by Crippen LogP contribution is -2.34. The summed E-state index contributed by atoms with van der Waals surface area (Å²) in [5, 5.41) is 2.87. The Morgan fingerprint density at radius 2 is 1.73 bits per heavy atom. The summed E-state index contributed by atoms with van der Waals surface area (Å²) in [7, 11) is 0.0608. The van der Waals surface area contributed by atoms with Gasteiger partial charge in [-0.3, -0.25) is 14.4 Å². The van der Waals surface area contributed by atoms with Crippen LogP contribution in [0.4, 0.5) is 5.69 Å². The fraction of sp³-hybridized carbons (Fsp3) is 0.227. The number of sulfonamides is 1. The molecule has 0 aliphatic heterocycles. The fourth-order valence-electron chi connectivity index (χ4n) is 2.99. The molecule has 1 heterocycles. The molecule has 0 bridgehead atoms. The van der Waals surface area contributed by atoms with Crippen LogP contribution in [0.25, 0.3) is 0 Å². The van der Waals surface area contributed by atoms with Crippen LogP contribution in [-0.2, 0) is 10.0 Å². The van der Waals surface area contributed by atoms with Crippen LogP contribution < -0.4 is 10.0 Å². The number of carbonyl (C=O) groups is 1. The fourth-order valence-corrected chi connectivity index (χ4v) is 4.12. The average Bonchev–Trinajstić information content (AvgIpc) is 3.24. The molecular formula is C22H25N3O4S. The number of anilines is 1. The van der Waals surface area contributed by atoms with E-state index in [2.05, 4.69) is 10.0 Å². The number of rotatable bonds is 8. The molecule has 2 aromatic carbocycles. The van der Waals surface area contributed by atoms with Crippen molar-refractivity contribution in [1.82, 2.24) is 10.2 Å². The lowest BCUT2D eigenvalue weighted by molar-refractivity contribution is 0.0939. The molecule has 0 saturated heterocycles. The zero-order valence-corrected chi connectivity index (χ0v) is 17.9. The van der Waals surface area contributed by atoms with Crippen molar-refractivity contribution in [3.63, 3.8) is 0 Å². The highest BCUT2D eigenvalue weighted by atomic mass is 32.2. The second-order valence-corrected chi connectivity index (χ2v) is 8.83. The van der Waals surface area contributed by atoms with Crippen molar-refractivity contribution in [3.05, 3.63) is 83.8 Å². The van der Waals surface area contributed by atoms with Crippen LogP contribution in [0.2, 0.25) is 0 Å². The van der Waals surface area contributed by atoms with E-state index in [4.69, 9.17) is 4.42 Å². The summed E-state index contributed by atoms with van der Waals surface area (Å²) in [5.74, 6) is 0.466. The number of aryl methyl sites for hydroxylation is 1. The molecule has 0 radical (unpaired) electrons. The van der Waals surface area contributed by atoms with E-state index >= 15 is 0 Å². The van der Waals surface area contributed by atoms with E-state index < -0.39 is 10.0 Å². The zero-order chi connectivity index (χ0) is 21.7. The van der Waals surface area contributed by atoms with Crippen molar-refractivity contribution in [2.45, 2.75) is 17.9 Å². The topological polar surface area (TPSA) is 91.6 Å². The molecule has 0 fully saturated rings. The van der Waals surface area contributed by atoms with Gasteiger partial charge in [0.15, 0.2) is 0 Å². The van der Waals surface area contributed by atoms with Gasteiger partial charge in [0.1, 0.15) is 5.76 Å². The Morgan fingerprint density at radius 3 is 2.33 bits per heavy atom. The van der Waals surface area contributed by atoms with Crippen molar-refractivity contribution in [1.29, 1.82) is 0 Å². The summed E-state index contributed by atoms with van der Waals surface area (Å²) in [5.41, 5.74) is 1.72. The monoisotopic (exact) mass is 427 g/mol. The van der Waals surface area contributed by atoms with Gasteiger partial charge in [0.25, 0.3) is 15.9 Å². The molecule has 2 N–H and O–H groups in total. The number of hydrogen-bond donors (Lipinski definition) is 2. The van der Waals surface area contributed by atoms with E-state index in [9.17, 15) is 13.2 Å². The molecule has 30 heavy (non-hydrogen) atoms. The van der Waals surface area contributed by atoms with Crippen molar-refractivity contribution < 1.29 is 17.6 Å². The summed E-state index contributed by atoms with van der Waals surface area (Å²) in [4.78, 5) is 14.6. The van der Waals surface area contributed by atoms with Crippen LogP contribution in [0.15, 0.2) is 76.2 Å². The lowest BCUT2D eigenvalue weighted by atomic mass is 10.2. The van der Waals surface area contributed by atoms with Gasteiger partial charge in [-0.2, -0.15) is 0 Å². The van der Waals surface area contributed by atoms with E-state index in [1.807, 2.05) is 44.1 Å². The number of benzene rings is 2. The van der Waals surface area contributed by atoms with E-state index in [0.29, 0.717) is 17.8 Å². The van der Waals surface area contributed by atoms with E-state index in [0.717, 1.165) is 11.3 Å². The van der Waals surface area contributed by atoms with Crippen molar-refractivity contribution >= 4 is 21.6 Å². The number of carbonyl (C=O) groups excluding carboxylic acids is 1. The number of nitrogens with one attached hydrogen (secondary N) is 2. The number of likely N-dealkylation sites (N-methyl/N-ethyl adjacent to an activating group) is 1. The Morgan fingerprint density at radius 1 is 1.03 bits per heavy atom. The molecule has 1 amide bonds. The minimum Gasteiger partial charge on any atom is -0.468 e. The highest BCUT2D eigenvalue weighted by Crippen LogP contribution is 2.20. The number of hydrogen-bond acceptors (Lipinski definition) is 5. The second kappa shape index (κ2) is 9.15. The third kappa shape index (κ3) is 5.08. The molecule has 0 aliphatic carbocycles. The molecular weight excluding hydrogens is 402 g/mol. The van der Waals surface area contributed by atoms with Crippen LogP contribution in [-0.4, -0.2) is 39.9 Å². The smallest absolute Gasteiger partial charge is 0.261 e. The molecule has 0 spiro atoms. The molecule has 158 valence electrons. The first-order valence-corrected chi connectivity index (χ1v) is 10.9. The Hall–Kier alpha value is -3.10. The van der Waals surface area contributed by atoms with E-state index in [1.54, 1.807) is 24.5 Å². The largest absolute Gasteiger partial charge is 0.468 e. The molecule has 1 aromatic heterocycles. The normalized spacial score (nSPS) is 12.5. The van der Waals surface area contributed by atoms with Gasteiger partial charge >= 0.3 is 0 Å². The molecule has 7 nitrogen and oxygen atoms in total. The number of para-hydroxylation sites is 1. The zero-order valence-electron chi connectivity index (χ0n) is 17.1. The Kier molecular flexibility index (Phi) is 6.59. The molecule has 0 aliphatic rings. The van der Waals surface area contributed by atoms with Crippen LogP contribution in [0.1, 0.15) is 27.7 Å². The first-order chi connectivity index (χ1) is 14.3. The van der Waals surface area contributed by atoms with Crippen molar-refractivity contribution in [3.8, 4) is 0 Å². The van der Waals surface area contributed by atoms with Gasteiger partial charge in [0.05, 0.1) is 22.9 Å². The second-order valence-electron chi connectivity index (χ2n) is 7.15. The predicted octanol–water partition coefficient (Wildman–Crippen LogP) is 3.42. The minimum atomic E-state index is -3.75. The SMILES string of the molecule is Cc1ccccc1NS(=O)(=O)c1ccc(C(=O)NC[C@@H](c2ccco2)N(C)C)cc1. The van der Waals surface area contributed by atoms with Crippen molar-refractivity contribution in [2.24, 2.45) is 0 Å². The summed E-state index contributed by atoms with van der Waals surface area (Å²) in [6.45, 7) is 2.18. The Labute approximate surface area is 176 Å². The van der Waals surface area contributed by atoms with E-state index in [1.165, 1.54) is 24.3 Å². The van der Waals surface area contributed by atoms with Gasteiger partial charge in [0, 0.05) is 12.1 Å². The summed E-state index contributed by atoms with van der Waals surface area (Å²) in [6.07, 6.45) is 1.60. The van der Waals surface area contributed by atoms with Gasteiger partial charge in [-0.25, -0.2) is 8.42 Å². The maximum atomic E-state index is 12.6. The Balaban J connectivity index is 1.67. The third-order valence-corrected chi connectivity index (χ3v) is 6.15. The molecule has 1 atom stereocenters. The van der Waals surface area contributed by atoms with Crippen LogP contribution in [0, 0.1) is 6.92 Å². The maximum absolute atomic E-state index is 12.6. The number of nitrogens with zero attached hydrogens (tertiary/aromatic N) is 1. The van der Waals surface area contributed by atoms with Crippen LogP contribution in [0.5, 0.6) is 0 Å². The summed E-state index contributed by atoms with van der Waals surface area (Å²) < 4.78 is 33.3. The standard InChI is InChI=1S/C22H25N3O4S/c1-16-7-4-5-8-19(16)24-30(27,28)18-12-10-17(11-13-18)22(26)23-15-20(25(2)3)21-9-6-14-29-21/h4-14,20,24H,15H2,1-3H3,(H,23,26)/t20-/m0/s1. The highest BCUT2D eigenvalue weighted by molar-refractivity contribution is 7.92. The summed E-state index contributed by atoms with van der Waals surface area (Å²) >= 11 is 0. The summed E-state index contributed by atoms with van der Waals surface area (Å²) in [6, 6.07) is 16.5. The average molecular weight is 428 g/mol. The van der Waals surface area contributed by atoms with Crippen LogP contribution in [0.3, 0.4) is 0 Å². The molecule has 0 unspecified atom stereocenters. The Bertz CT molecular complexity index is 1090. The lowest BCUT2D eigenvalue weighted by Gasteiger charge is -2.22. The third-order valence-electron chi connectivity index (χ3n) is 4.77. The molecule has 8 heteroatoms.